The SMILES string of the molecule is CC1(C)CC1CNC(=O)c1ccc(N)c(Br)c1. The Bertz CT molecular complexity index is 457. The monoisotopic (exact) mass is 296 g/mol. The summed E-state index contributed by atoms with van der Waals surface area (Å²) in [4.78, 5) is 11.9. The first-order chi connectivity index (χ1) is 7.90. The van der Waals surface area contributed by atoms with Crippen molar-refractivity contribution in [3.05, 3.63) is 28.2 Å². The Balaban J connectivity index is 1.93. The van der Waals surface area contributed by atoms with E-state index in [0.717, 1.165) is 11.0 Å². The molecular weight excluding hydrogens is 280 g/mol. The van der Waals surface area contributed by atoms with Crippen molar-refractivity contribution in [2.75, 3.05) is 12.3 Å². The lowest BCUT2D eigenvalue weighted by molar-refractivity contribution is 0.0950. The highest BCUT2D eigenvalue weighted by molar-refractivity contribution is 9.10. The van der Waals surface area contributed by atoms with Gasteiger partial charge in [-0.2, -0.15) is 0 Å². The van der Waals surface area contributed by atoms with Crippen LogP contribution in [-0.2, 0) is 0 Å². The van der Waals surface area contributed by atoms with Crippen LogP contribution in [-0.4, -0.2) is 12.5 Å². The number of amides is 1. The number of halogens is 1. The number of hydrogen-bond acceptors (Lipinski definition) is 2. The topological polar surface area (TPSA) is 55.1 Å². The summed E-state index contributed by atoms with van der Waals surface area (Å²) in [5.74, 6) is 0.581. The summed E-state index contributed by atoms with van der Waals surface area (Å²) in [7, 11) is 0. The van der Waals surface area contributed by atoms with E-state index in [0.29, 0.717) is 22.6 Å². The van der Waals surface area contributed by atoms with Gasteiger partial charge in [0.15, 0.2) is 0 Å². The van der Waals surface area contributed by atoms with Crippen LogP contribution in [0, 0.1) is 11.3 Å². The molecule has 0 bridgehead atoms. The third kappa shape index (κ3) is 2.80. The van der Waals surface area contributed by atoms with Crippen molar-refractivity contribution in [3.8, 4) is 0 Å². The Morgan fingerprint density at radius 1 is 1.59 bits per heavy atom. The van der Waals surface area contributed by atoms with Crippen molar-refractivity contribution in [2.24, 2.45) is 11.3 Å². The predicted molar refractivity (Wildman–Crippen MR) is 72.8 cm³/mol. The number of nitrogens with two attached hydrogens (primary N) is 1. The van der Waals surface area contributed by atoms with E-state index in [1.807, 2.05) is 0 Å². The van der Waals surface area contributed by atoms with Crippen LogP contribution in [0.2, 0.25) is 0 Å². The van der Waals surface area contributed by atoms with Gasteiger partial charge in [-0.3, -0.25) is 4.79 Å². The lowest BCUT2D eigenvalue weighted by Gasteiger charge is -2.07. The number of anilines is 1. The van der Waals surface area contributed by atoms with Gasteiger partial charge in [-0.05, 0) is 51.9 Å². The molecule has 1 unspecified atom stereocenters. The van der Waals surface area contributed by atoms with E-state index in [4.69, 9.17) is 5.73 Å². The van der Waals surface area contributed by atoms with Gasteiger partial charge in [-0.25, -0.2) is 0 Å². The van der Waals surface area contributed by atoms with Gasteiger partial charge in [0.1, 0.15) is 0 Å². The largest absolute Gasteiger partial charge is 0.398 e. The Morgan fingerprint density at radius 3 is 2.76 bits per heavy atom. The Labute approximate surface area is 110 Å². The van der Waals surface area contributed by atoms with Crippen molar-refractivity contribution < 1.29 is 4.79 Å². The molecule has 92 valence electrons. The van der Waals surface area contributed by atoms with Crippen LogP contribution in [0.5, 0.6) is 0 Å². The van der Waals surface area contributed by atoms with Crippen LogP contribution < -0.4 is 11.1 Å². The number of carbonyl (C=O) groups excluding carboxylic acids is 1. The average Bonchev–Trinajstić information content (AvgIpc) is 2.87. The van der Waals surface area contributed by atoms with E-state index in [9.17, 15) is 4.79 Å². The van der Waals surface area contributed by atoms with Crippen LogP contribution in [0.1, 0.15) is 30.6 Å². The second-order valence-corrected chi connectivity index (χ2v) is 6.19. The molecule has 1 aromatic rings. The van der Waals surface area contributed by atoms with Crippen molar-refractivity contribution >= 4 is 27.5 Å². The van der Waals surface area contributed by atoms with Gasteiger partial charge in [0, 0.05) is 22.3 Å². The van der Waals surface area contributed by atoms with Crippen molar-refractivity contribution in [3.63, 3.8) is 0 Å². The first-order valence-electron chi connectivity index (χ1n) is 5.73. The lowest BCUT2D eigenvalue weighted by atomic mass is 10.1. The highest BCUT2D eigenvalue weighted by atomic mass is 79.9. The number of hydrogen-bond donors (Lipinski definition) is 2. The summed E-state index contributed by atoms with van der Waals surface area (Å²) in [5.41, 5.74) is 7.36. The molecule has 0 aliphatic heterocycles. The molecule has 0 heterocycles. The van der Waals surface area contributed by atoms with E-state index in [1.54, 1.807) is 18.2 Å². The number of nitrogen functional groups attached to an aromatic ring is 1. The molecule has 1 amide bonds. The lowest BCUT2D eigenvalue weighted by Crippen LogP contribution is -2.26. The molecule has 0 spiro atoms. The molecule has 3 N–H and O–H groups in total. The molecule has 0 radical (unpaired) electrons. The average molecular weight is 297 g/mol. The van der Waals surface area contributed by atoms with Crippen LogP contribution in [0.15, 0.2) is 22.7 Å². The molecule has 3 nitrogen and oxygen atoms in total. The van der Waals surface area contributed by atoms with Crippen molar-refractivity contribution in [1.82, 2.24) is 5.32 Å². The fourth-order valence-electron chi connectivity index (χ4n) is 1.91. The normalized spacial score (nSPS) is 21.0. The maximum Gasteiger partial charge on any atom is 0.251 e. The molecule has 17 heavy (non-hydrogen) atoms. The molecule has 2 rings (SSSR count). The van der Waals surface area contributed by atoms with Crippen molar-refractivity contribution in [2.45, 2.75) is 20.3 Å². The number of benzene rings is 1. The zero-order valence-corrected chi connectivity index (χ0v) is 11.7. The minimum Gasteiger partial charge on any atom is -0.398 e. The number of carbonyl (C=O) groups is 1. The van der Waals surface area contributed by atoms with Gasteiger partial charge in [-0.15, -0.1) is 0 Å². The maximum absolute atomic E-state index is 11.9. The molecular formula is C13H17BrN2O. The van der Waals surface area contributed by atoms with Gasteiger partial charge in [0.05, 0.1) is 0 Å². The molecule has 1 saturated carbocycles. The molecule has 1 aliphatic carbocycles. The summed E-state index contributed by atoms with van der Waals surface area (Å²) in [6.45, 7) is 5.21. The van der Waals surface area contributed by atoms with Gasteiger partial charge in [0.25, 0.3) is 5.91 Å². The predicted octanol–water partition coefficient (Wildman–Crippen LogP) is 2.81. The number of nitrogens with one attached hydrogen (secondary N) is 1. The second kappa shape index (κ2) is 4.33. The third-order valence-corrected chi connectivity index (χ3v) is 4.18. The Kier molecular flexibility index (Phi) is 3.17. The first kappa shape index (κ1) is 12.4. The molecule has 4 heteroatoms. The fraction of sp³-hybridized carbons (Fsp3) is 0.462. The van der Waals surface area contributed by atoms with E-state index < -0.39 is 0 Å². The van der Waals surface area contributed by atoms with E-state index in [-0.39, 0.29) is 5.91 Å². The minimum absolute atomic E-state index is 0.0339. The summed E-state index contributed by atoms with van der Waals surface area (Å²) < 4.78 is 0.761. The molecule has 0 aromatic heterocycles. The van der Waals surface area contributed by atoms with Crippen LogP contribution in [0.4, 0.5) is 5.69 Å². The molecule has 1 aliphatic rings. The van der Waals surface area contributed by atoms with Gasteiger partial charge >= 0.3 is 0 Å². The highest BCUT2D eigenvalue weighted by Crippen LogP contribution is 2.50. The first-order valence-corrected chi connectivity index (χ1v) is 6.53. The molecule has 0 saturated heterocycles. The standard InChI is InChI=1S/C13H17BrN2O/c1-13(2)6-9(13)7-16-12(17)8-3-4-11(15)10(14)5-8/h3-5,9H,6-7,15H2,1-2H3,(H,16,17). The van der Waals surface area contributed by atoms with Gasteiger partial charge in [-0.1, -0.05) is 13.8 Å². The second-order valence-electron chi connectivity index (χ2n) is 5.34. The van der Waals surface area contributed by atoms with Crippen LogP contribution in [0.25, 0.3) is 0 Å². The summed E-state index contributed by atoms with van der Waals surface area (Å²) in [5, 5.41) is 2.96. The fourth-order valence-corrected chi connectivity index (χ4v) is 2.29. The van der Waals surface area contributed by atoms with Gasteiger partial charge in [0.2, 0.25) is 0 Å². The summed E-state index contributed by atoms with van der Waals surface area (Å²) in [6.07, 6.45) is 1.19. The zero-order chi connectivity index (χ0) is 12.6. The zero-order valence-electron chi connectivity index (χ0n) is 10.1. The Hall–Kier alpha value is -1.03. The molecule has 1 atom stereocenters. The molecule has 1 aromatic carbocycles. The van der Waals surface area contributed by atoms with Crippen molar-refractivity contribution in [1.29, 1.82) is 0 Å². The smallest absolute Gasteiger partial charge is 0.251 e. The minimum atomic E-state index is -0.0339. The quantitative estimate of drug-likeness (QED) is 0.843. The number of rotatable bonds is 3. The maximum atomic E-state index is 11.9. The van der Waals surface area contributed by atoms with Gasteiger partial charge < -0.3 is 11.1 Å². The van der Waals surface area contributed by atoms with E-state index in [1.165, 1.54) is 6.42 Å². The van der Waals surface area contributed by atoms with E-state index >= 15 is 0 Å². The summed E-state index contributed by atoms with van der Waals surface area (Å²) in [6, 6.07) is 5.23. The third-order valence-electron chi connectivity index (χ3n) is 3.49. The van der Waals surface area contributed by atoms with Crippen LogP contribution in [0.3, 0.4) is 0 Å². The molecule has 1 fully saturated rings. The van der Waals surface area contributed by atoms with E-state index in [2.05, 4.69) is 35.1 Å². The van der Waals surface area contributed by atoms with Crippen LogP contribution >= 0.6 is 15.9 Å². The Morgan fingerprint density at radius 2 is 2.24 bits per heavy atom. The highest BCUT2D eigenvalue weighted by Gasteiger charge is 2.45. The summed E-state index contributed by atoms with van der Waals surface area (Å²) >= 11 is 3.32.